The minimum absolute atomic E-state index is 0.307. The van der Waals surface area contributed by atoms with E-state index in [0.29, 0.717) is 54.8 Å². The molecule has 0 saturated heterocycles. The Labute approximate surface area is 222 Å². The van der Waals surface area contributed by atoms with Crippen LogP contribution in [-0.4, -0.2) is 10.9 Å². The molecule has 5 nitrogen and oxygen atoms in total. The van der Waals surface area contributed by atoms with Crippen molar-refractivity contribution in [2.24, 2.45) is 0 Å². The van der Waals surface area contributed by atoms with Crippen LogP contribution in [0.5, 0.6) is 0 Å². The topological polar surface area (TPSA) is 68.3 Å². The first-order valence-electron chi connectivity index (χ1n) is 11.0. The van der Waals surface area contributed by atoms with Gasteiger partial charge in [0, 0.05) is 32.9 Å². The average molecular weight is 538 g/mol. The van der Waals surface area contributed by atoms with E-state index in [1.165, 1.54) is 6.08 Å². The Hall–Kier alpha value is -3.51. The van der Waals surface area contributed by atoms with Crippen molar-refractivity contribution in [2.75, 3.05) is 5.32 Å². The lowest BCUT2D eigenvalue weighted by Gasteiger charge is -2.08. The van der Waals surface area contributed by atoms with Crippen molar-refractivity contribution in [3.63, 3.8) is 0 Å². The van der Waals surface area contributed by atoms with Gasteiger partial charge in [-0.25, -0.2) is 4.98 Å². The van der Waals surface area contributed by atoms with Crippen molar-refractivity contribution < 1.29 is 13.6 Å². The third-order valence-electron chi connectivity index (χ3n) is 5.63. The molecule has 5 aromatic rings. The summed E-state index contributed by atoms with van der Waals surface area (Å²) >= 11 is 18.5. The number of halogens is 3. The molecule has 0 radical (unpaired) electrons. The van der Waals surface area contributed by atoms with Crippen LogP contribution in [0.15, 0.2) is 75.6 Å². The number of hydrogen-bond acceptors (Lipinski definition) is 4. The van der Waals surface area contributed by atoms with Crippen LogP contribution < -0.4 is 5.32 Å². The second-order valence-electron chi connectivity index (χ2n) is 8.27. The fourth-order valence-electron chi connectivity index (χ4n) is 3.65. The lowest BCUT2D eigenvalue weighted by Crippen LogP contribution is -2.09. The number of hydrogen-bond donors (Lipinski definition) is 1. The number of fused-ring (bicyclic) bond motifs is 1. The molecule has 0 bridgehead atoms. The molecule has 8 heteroatoms. The van der Waals surface area contributed by atoms with Crippen LogP contribution in [0.4, 0.5) is 5.69 Å². The summed E-state index contributed by atoms with van der Waals surface area (Å²) < 4.78 is 11.7. The molecular weight excluding hydrogens is 519 g/mol. The van der Waals surface area contributed by atoms with Crippen molar-refractivity contribution in [1.82, 2.24) is 4.98 Å². The normalized spacial score (nSPS) is 11.5. The first-order valence-corrected chi connectivity index (χ1v) is 12.1. The Balaban J connectivity index is 1.33. The molecule has 0 aliphatic carbocycles. The number of nitrogens with one attached hydrogen (secondary N) is 1. The molecule has 0 atom stereocenters. The minimum Gasteiger partial charge on any atom is -0.457 e. The number of carbonyl (C=O) groups excluding carboxylic acids is 1. The summed E-state index contributed by atoms with van der Waals surface area (Å²) in [5.41, 5.74) is 5.07. The maximum absolute atomic E-state index is 12.6. The highest BCUT2D eigenvalue weighted by Gasteiger charge is 2.14. The minimum atomic E-state index is -0.307. The second-order valence-corrected chi connectivity index (χ2v) is 9.52. The van der Waals surface area contributed by atoms with Gasteiger partial charge in [0.2, 0.25) is 11.8 Å². The van der Waals surface area contributed by atoms with E-state index in [-0.39, 0.29) is 5.91 Å². The molecule has 3 aromatic carbocycles. The molecule has 5 rings (SSSR count). The van der Waals surface area contributed by atoms with Gasteiger partial charge in [-0.15, -0.1) is 0 Å². The molecule has 2 heterocycles. The summed E-state index contributed by atoms with van der Waals surface area (Å²) in [6, 6.07) is 18.2. The highest BCUT2D eigenvalue weighted by molar-refractivity contribution is 6.38. The van der Waals surface area contributed by atoms with E-state index in [1.54, 1.807) is 30.3 Å². The SMILES string of the molecule is Cc1ccc(-c2ccc(/C=C/C(=O)Nc3cc(-c4nc5cc(Cl)cc(Cl)c5o4)ccc3C)o2)cc1Cl. The first-order chi connectivity index (χ1) is 17.3. The molecule has 0 fully saturated rings. The zero-order chi connectivity index (χ0) is 25.4. The molecule has 0 saturated carbocycles. The summed E-state index contributed by atoms with van der Waals surface area (Å²) in [6.45, 7) is 3.84. The number of nitrogens with zero attached hydrogens (tertiary/aromatic N) is 1. The number of carbonyl (C=O) groups is 1. The zero-order valence-electron chi connectivity index (χ0n) is 19.2. The number of aromatic nitrogens is 1. The summed E-state index contributed by atoms with van der Waals surface area (Å²) in [7, 11) is 0. The largest absolute Gasteiger partial charge is 0.457 e. The molecule has 2 aromatic heterocycles. The molecule has 0 unspecified atom stereocenters. The predicted molar refractivity (Wildman–Crippen MR) is 146 cm³/mol. The van der Waals surface area contributed by atoms with Crippen LogP contribution in [0, 0.1) is 13.8 Å². The Morgan fingerprint density at radius 1 is 0.861 bits per heavy atom. The monoisotopic (exact) mass is 536 g/mol. The average Bonchev–Trinajstić information content (AvgIpc) is 3.48. The maximum atomic E-state index is 12.6. The lowest BCUT2D eigenvalue weighted by atomic mass is 10.1. The number of furan rings is 1. The van der Waals surface area contributed by atoms with E-state index in [2.05, 4.69) is 10.3 Å². The van der Waals surface area contributed by atoms with Crippen molar-refractivity contribution in [2.45, 2.75) is 13.8 Å². The van der Waals surface area contributed by atoms with Gasteiger partial charge in [0.05, 0.1) is 5.02 Å². The van der Waals surface area contributed by atoms with Crippen LogP contribution in [0.2, 0.25) is 15.1 Å². The predicted octanol–water partition coefficient (Wildman–Crippen LogP) is 8.98. The molecule has 0 spiro atoms. The van der Waals surface area contributed by atoms with E-state index < -0.39 is 0 Å². The third kappa shape index (κ3) is 5.05. The highest BCUT2D eigenvalue weighted by atomic mass is 35.5. The Kier molecular flexibility index (Phi) is 6.63. The molecule has 1 N–H and O–H groups in total. The van der Waals surface area contributed by atoms with Crippen molar-refractivity contribution in [3.8, 4) is 22.8 Å². The van der Waals surface area contributed by atoms with E-state index >= 15 is 0 Å². The third-order valence-corrected chi connectivity index (χ3v) is 6.54. The van der Waals surface area contributed by atoms with Gasteiger partial charge in [-0.3, -0.25) is 4.79 Å². The number of amides is 1. The quantitative estimate of drug-likeness (QED) is 0.227. The van der Waals surface area contributed by atoms with Gasteiger partial charge < -0.3 is 14.2 Å². The standard InChI is InChI=1S/C28H19Cl3N2O3/c1-15-3-5-17(11-21(15)30)25-9-7-20(35-25)8-10-26(34)32-23-12-18(6-4-16(23)2)28-33-24-14-19(29)13-22(31)27(24)36-28/h3-14H,1-2H3,(H,32,34)/b10-8+. The van der Waals surface area contributed by atoms with E-state index in [4.69, 9.17) is 43.6 Å². The van der Waals surface area contributed by atoms with Crippen LogP contribution >= 0.6 is 34.8 Å². The van der Waals surface area contributed by atoms with Gasteiger partial charge in [-0.1, -0.05) is 53.0 Å². The van der Waals surface area contributed by atoms with Crippen molar-refractivity contribution in [1.29, 1.82) is 0 Å². The van der Waals surface area contributed by atoms with E-state index in [1.807, 2.05) is 50.2 Å². The van der Waals surface area contributed by atoms with E-state index in [0.717, 1.165) is 16.7 Å². The van der Waals surface area contributed by atoms with Crippen LogP contribution in [0.1, 0.15) is 16.9 Å². The number of anilines is 1. The second kappa shape index (κ2) is 9.86. The van der Waals surface area contributed by atoms with Crippen LogP contribution in [-0.2, 0) is 4.79 Å². The first kappa shape index (κ1) is 24.2. The number of rotatable bonds is 5. The van der Waals surface area contributed by atoms with Crippen molar-refractivity contribution in [3.05, 3.63) is 98.7 Å². The Morgan fingerprint density at radius 2 is 1.64 bits per heavy atom. The fraction of sp³-hybridized carbons (Fsp3) is 0.0714. The van der Waals surface area contributed by atoms with Crippen LogP contribution in [0.3, 0.4) is 0 Å². The fourth-order valence-corrected chi connectivity index (χ4v) is 4.35. The highest BCUT2D eigenvalue weighted by Crippen LogP contribution is 2.33. The number of oxazole rings is 1. The van der Waals surface area contributed by atoms with Crippen LogP contribution in [0.25, 0.3) is 40.0 Å². The summed E-state index contributed by atoms with van der Waals surface area (Å²) in [6.07, 6.45) is 3.03. The Morgan fingerprint density at radius 3 is 2.44 bits per heavy atom. The molecule has 36 heavy (non-hydrogen) atoms. The summed E-state index contributed by atoms with van der Waals surface area (Å²) in [4.78, 5) is 17.1. The smallest absolute Gasteiger partial charge is 0.248 e. The molecular formula is C28H19Cl3N2O3. The van der Waals surface area contributed by atoms with E-state index in [9.17, 15) is 4.79 Å². The Bertz CT molecular complexity index is 1650. The molecule has 0 aliphatic heterocycles. The van der Waals surface area contributed by atoms with Gasteiger partial charge in [-0.05, 0) is 73.5 Å². The van der Waals surface area contributed by atoms with Crippen molar-refractivity contribution >= 4 is 63.6 Å². The zero-order valence-corrected chi connectivity index (χ0v) is 21.5. The lowest BCUT2D eigenvalue weighted by molar-refractivity contribution is -0.111. The summed E-state index contributed by atoms with van der Waals surface area (Å²) in [5, 5.41) is 4.42. The molecule has 1 amide bonds. The van der Waals surface area contributed by atoms with Gasteiger partial charge in [0.1, 0.15) is 17.0 Å². The maximum Gasteiger partial charge on any atom is 0.248 e. The van der Waals surface area contributed by atoms with Gasteiger partial charge in [0.15, 0.2) is 5.58 Å². The number of aryl methyl sites for hydroxylation is 2. The van der Waals surface area contributed by atoms with Gasteiger partial charge in [0.25, 0.3) is 0 Å². The summed E-state index contributed by atoms with van der Waals surface area (Å²) in [5.74, 6) is 1.28. The molecule has 0 aliphatic rings. The molecule has 180 valence electrons. The van der Waals surface area contributed by atoms with Gasteiger partial charge >= 0.3 is 0 Å². The number of benzene rings is 3. The van der Waals surface area contributed by atoms with Gasteiger partial charge in [-0.2, -0.15) is 0 Å².